The van der Waals surface area contributed by atoms with Crippen molar-refractivity contribution < 1.29 is 19.1 Å². The smallest absolute Gasteiger partial charge is 0.344 e. The zero-order valence-corrected chi connectivity index (χ0v) is 12.0. The van der Waals surface area contributed by atoms with Crippen molar-refractivity contribution in [3.63, 3.8) is 0 Å². The molecule has 0 fully saturated rings. The van der Waals surface area contributed by atoms with Gasteiger partial charge in [-0.15, -0.1) is 0 Å². The molecule has 21 heavy (non-hydrogen) atoms. The first kappa shape index (κ1) is 14.8. The fourth-order valence-corrected chi connectivity index (χ4v) is 2.06. The van der Waals surface area contributed by atoms with Gasteiger partial charge in [-0.3, -0.25) is 0 Å². The first-order chi connectivity index (χ1) is 10.2. The average Bonchev–Trinajstić information content (AvgIpc) is 2.54. The molecule has 0 saturated heterocycles. The van der Waals surface area contributed by atoms with E-state index in [9.17, 15) is 9.59 Å². The van der Waals surface area contributed by atoms with Crippen LogP contribution < -0.4 is 0 Å². The van der Waals surface area contributed by atoms with E-state index in [-0.39, 0.29) is 5.57 Å². The average molecular weight is 284 g/mol. The summed E-state index contributed by atoms with van der Waals surface area (Å²) in [6.45, 7) is 0. The quantitative estimate of drug-likeness (QED) is 0.375. The maximum atomic E-state index is 11.6. The molecule has 0 aromatic heterocycles. The van der Waals surface area contributed by atoms with Gasteiger partial charge in [-0.2, -0.15) is 0 Å². The van der Waals surface area contributed by atoms with Crippen molar-refractivity contribution in [2.24, 2.45) is 0 Å². The maximum absolute atomic E-state index is 11.6. The molecule has 0 amide bonds. The fraction of sp³-hybridized carbons (Fsp3) is 0.176. The van der Waals surface area contributed by atoms with E-state index >= 15 is 0 Å². The van der Waals surface area contributed by atoms with Crippen LogP contribution in [0.4, 0.5) is 0 Å². The van der Waals surface area contributed by atoms with Gasteiger partial charge in [0.25, 0.3) is 0 Å². The number of methoxy groups -OCH3 is 2. The third-order valence-corrected chi connectivity index (χ3v) is 3.17. The number of allylic oxidation sites excluding steroid dienone is 1. The lowest BCUT2D eigenvalue weighted by Gasteiger charge is -2.04. The van der Waals surface area contributed by atoms with E-state index in [1.165, 1.54) is 20.3 Å². The molecular weight excluding hydrogens is 268 g/mol. The van der Waals surface area contributed by atoms with Gasteiger partial charge in [0, 0.05) is 0 Å². The van der Waals surface area contributed by atoms with Crippen LogP contribution in [0.25, 0.3) is 10.8 Å². The normalized spacial score (nSPS) is 10.0. The summed E-state index contributed by atoms with van der Waals surface area (Å²) in [6.07, 6.45) is 1.98. The zero-order chi connectivity index (χ0) is 15.2. The number of hydrogen-bond donors (Lipinski definition) is 0. The van der Waals surface area contributed by atoms with Crippen LogP contribution in [0.5, 0.6) is 0 Å². The minimum atomic E-state index is -0.692. The van der Waals surface area contributed by atoms with Gasteiger partial charge in [-0.25, -0.2) is 9.59 Å². The van der Waals surface area contributed by atoms with E-state index in [0.29, 0.717) is 6.42 Å². The maximum Gasteiger partial charge on any atom is 0.344 e. The van der Waals surface area contributed by atoms with Crippen molar-refractivity contribution in [2.45, 2.75) is 6.42 Å². The third-order valence-electron chi connectivity index (χ3n) is 3.17. The number of ether oxygens (including phenoxy) is 2. The summed E-state index contributed by atoms with van der Waals surface area (Å²) in [4.78, 5) is 23.1. The number of benzene rings is 2. The van der Waals surface area contributed by atoms with Crippen LogP contribution in [0.3, 0.4) is 0 Å². The van der Waals surface area contributed by atoms with E-state index < -0.39 is 11.9 Å². The Morgan fingerprint density at radius 1 is 0.952 bits per heavy atom. The zero-order valence-electron chi connectivity index (χ0n) is 12.0. The van der Waals surface area contributed by atoms with Crippen molar-refractivity contribution in [1.29, 1.82) is 0 Å². The molecule has 0 spiro atoms. The van der Waals surface area contributed by atoms with Gasteiger partial charge < -0.3 is 9.47 Å². The van der Waals surface area contributed by atoms with Crippen molar-refractivity contribution >= 4 is 22.7 Å². The van der Waals surface area contributed by atoms with Gasteiger partial charge >= 0.3 is 11.9 Å². The number of carbonyl (C=O) groups excluding carboxylic acids is 2. The topological polar surface area (TPSA) is 52.6 Å². The van der Waals surface area contributed by atoms with Gasteiger partial charge in [-0.05, 0) is 22.8 Å². The minimum absolute atomic E-state index is 0.0897. The van der Waals surface area contributed by atoms with E-state index in [1.807, 2.05) is 42.5 Å². The Morgan fingerprint density at radius 3 is 2.19 bits per heavy atom. The minimum Gasteiger partial charge on any atom is -0.465 e. The molecule has 0 N–H and O–H groups in total. The molecule has 0 heterocycles. The highest BCUT2D eigenvalue weighted by Crippen LogP contribution is 2.16. The lowest BCUT2D eigenvalue weighted by molar-refractivity contribution is -0.144. The highest BCUT2D eigenvalue weighted by molar-refractivity contribution is 6.13. The number of fused-ring (bicyclic) bond motifs is 1. The highest BCUT2D eigenvalue weighted by Gasteiger charge is 2.18. The van der Waals surface area contributed by atoms with Crippen molar-refractivity contribution in [3.05, 3.63) is 59.7 Å². The molecule has 4 nitrogen and oxygen atoms in total. The molecule has 0 bridgehead atoms. The van der Waals surface area contributed by atoms with E-state index in [4.69, 9.17) is 0 Å². The molecular formula is C17H16O4. The molecule has 0 unspecified atom stereocenters. The molecule has 0 saturated carbocycles. The summed E-state index contributed by atoms with van der Waals surface area (Å²) in [5.41, 5.74) is 0.909. The molecule has 2 rings (SSSR count). The first-order valence-electron chi connectivity index (χ1n) is 6.50. The van der Waals surface area contributed by atoms with Crippen LogP contribution in [0, 0.1) is 0 Å². The molecule has 0 radical (unpaired) electrons. The van der Waals surface area contributed by atoms with E-state index in [2.05, 4.69) is 9.47 Å². The second-order valence-electron chi connectivity index (χ2n) is 4.49. The first-order valence-corrected chi connectivity index (χ1v) is 6.50. The predicted molar refractivity (Wildman–Crippen MR) is 79.8 cm³/mol. The summed E-state index contributed by atoms with van der Waals surface area (Å²) in [5.74, 6) is -1.38. The lowest BCUT2D eigenvalue weighted by atomic mass is 10.0. The molecule has 108 valence electrons. The Kier molecular flexibility index (Phi) is 4.72. The number of hydrogen-bond acceptors (Lipinski definition) is 4. The standard InChI is InChI=1S/C17H16O4/c1-20-16(18)15(17(19)21-2)10-8-12-7-9-13-5-3-4-6-14(13)11-12/h3-7,9-11H,8H2,1-2H3. The SMILES string of the molecule is COC(=O)C(=CCc1ccc2ccccc2c1)C(=O)OC. The van der Waals surface area contributed by atoms with Gasteiger partial charge in [0.1, 0.15) is 5.57 Å². The summed E-state index contributed by atoms with van der Waals surface area (Å²) in [6, 6.07) is 14.0. The second kappa shape index (κ2) is 6.70. The molecule has 0 atom stereocenters. The van der Waals surface area contributed by atoms with Crippen molar-refractivity contribution in [2.75, 3.05) is 14.2 Å². The lowest BCUT2D eigenvalue weighted by Crippen LogP contribution is -2.16. The summed E-state index contributed by atoms with van der Waals surface area (Å²) in [7, 11) is 2.46. The summed E-state index contributed by atoms with van der Waals surface area (Å²) < 4.78 is 9.17. The van der Waals surface area contributed by atoms with Gasteiger partial charge in [0.05, 0.1) is 14.2 Å². The Morgan fingerprint density at radius 2 is 1.57 bits per heavy atom. The third kappa shape index (κ3) is 3.48. The Balaban J connectivity index is 2.26. The molecule has 4 heteroatoms. The molecule has 0 aliphatic heterocycles. The molecule has 2 aromatic carbocycles. The Bertz CT molecular complexity index is 683. The Hall–Kier alpha value is -2.62. The Labute approximate surface area is 123 Å². The van der Waals surface area contributed by atoms with Gasteiger partial charge in [-0.1, -0.05) is 48.5 Å². The fourth-order valence-electron chi connectivity index (χ4n) is 2.06. The number of carbonyl (C=O) groups is 2. The van der Waals surface area contributed by atoms with Crippen molar-refractivity contribution in [1.82, 2.24) is 0 Å². The predicted octanol–water partition coefficient (Wildman–Crippen LogP) is 2.65. The van der Waals surface area contributed by atoms with Crippen molar-refractivity contribution in [3.8, 4) is 0 Å². The molecule has 0 aliphatic rings. The van der Waals surface area contributed by atoms with Gasteiger partial charge in [0.15, 0.2) is 0 Å². The number of rotatable bonds is 4. The van der Waals surface area contributed by atoms with Crippen LogP contribution >= 0.6 is 0 Å². The van der Waals surface area contributed by atoms with E-state index in [1.54, 1.807) is 0 Å². The van der Waals surface area contributed by atoms with Crippen LogP contribution in [-0.4, -0.2) is 26.2 Å². The van der Waals surface area contributed by atoms with Gasteiger partial charge in [0.2, 0.25) is 0 Å². The summed E-state index contributed by atoms with van der Waals surface area (Å²) in [5, 5.41) is 2.26. The van der Waals surface area contributed by atoms with Crippen LogP contribution in [-0.2, 0) is 25.5 Å². The highest BCUT2D eigenvalue weighted by atomic mass is 16.5. The van der Waals surface area contributed by atoms with Crippen LogP contribution in [0.2, 0.25) is 0 Å². The monoisotopic (exact) mass is 284 g/mol. The molecule has 0 aliphatic carbocycles. The largest absolute Gasteiger partial charge is 0.465 e. The summed E-state index contributed by atoms with van der Waals surface area (Å²) >= 11 is 0. The molecule has 2 aromatic rings. The number of esters is 2. The van der Waals surface area contributed by atoms with Crippen LogP contribution in [0.15, 0.2) is 54.1 Å². The van der Waals surface area contributed by atoms with Crippen LogP contribution in [0.1, 0.15) is 5.56 Å². The second-order valence-corrected chi connectivity index (χ2v) is 4.49. The van der Waals surface area contributed by atoms with E-state index in [0.717, 1.165) is 16.3 Å².